The Labute approximate surface area is 103 Å². The van der Waals surface area contributed by atoms with Gasteiger partial charge in [-0.1, -0.05) is 12.8 Å². The summed E-state index contributed by atoms with van der Waals surface area (Å²) in [6.07, 6.45) is 4.09. The molecule has 0 radical (unpaired) electrons. The third-order valence-electron chi connectivity index (χ3n) is 3.99. The molecular weight excluding hydrogens is 216 g/mol. The molecule has 1 N–H and O–H groups in total. The average molecular weight is 238 g/mol. The lowest BCUT2D eigenvalue weighted by Gasteiger charge is -2.36. The van der Waals surface area contributed by atoms with Crippen molar-refractivity contribution in [3.05, 3.63) is 0 Å². The van der Waals surface area contributed by atoms with Gasteiger partial charge in [-0.3, -0.25) is 9.59 Å². The molecule has 0 aromatic heterocycles. The van der Waals surface area contributed by atoms with Crippen LogP contribution in [-0.2, 0) is 9.59 Å². The third-order valence-corrected chi connectivity index (χ3v) is 3.99. The van der Waals surface area contributed by atoms with Crippen molar-refractivity contribution in [3.63, 3.8) is 0 Å². The number of nitrogens with one attached hydrogen (secondary N) is 1. The van der Waals surface area contributed by atoms with Crippen LogP contribution in [0.15, 0.2) is 0 Å². The van der Waals surface area contributed by atoms with Crippen LogP contribution in [0.4, 0.5) is 0 Å². The third kappa shape index (κ3) is 2.05. The van der Waals surface area contributed by atoms with Gasteiger partial charge in [-0.2, -0.15) is 0 Å². The minimum absolute atomic E-state index is 0.00229. The Morgan fingerprint density at radius 2 is 1.88 bits per heavy atom. The maximum atomic E-state index is 12.7. The van der Waals surface area contributed by atoms with Crippen molar-refractivity contribution in [1.29, 1.82) is 0 Å². The van der Waals surface area contributed by atoms with E-state index in [1.54, 1.807) is 0 Å². The van der Waals surface area contributed by atoms with Crippen molar-refractivity contribution in [2.45, 2.75) is 70.5 Å². The molecule has 2 amide bonds. The van der Waals surface area contributed by atoms with E-state index in [4.69, 9.17) is 0 Å². The Kier molecular flexibility index (Phi) is 3.15. The number of amides is 2. The van der Waals surface area contributed by atoms with Crippen LogP contribution in [0, 0.1) is 0 Å². The van der Waals surface area contributed by atoms with Gasteiger partial charge in [0.1, 0.15) is 5.54 Å². The van der Waals surface area contributed by atoms with Gasteiger partial charge in [0.2, 0.25) is 11.8 Å². The normalized spacial score (nSPS) is 28.7. The lowest BCUT2D eigenvalue weighted by atomic mass is 9.95. The van der Waals surface area contributed by atoms with Crippen molar-refractivity contribution in [3.8, 4) is 0 Å². The smallest absolute Gasteiger partial charge is 0.248 e. The monoisotopic (exact) mass is 238 g/mol. The van der Waals surface area contributed by atoms with Crippen molar-refractivity contribution in [2.75, 3.05) is 0 Å². The van der Waals surface area contributed by atoms with Crippen LogP contribution in [-0.4, -0.2) is 34.3 Å². The molecule has 17 heavy (non-hydrogen) atoms. The maximum Gasteiger partial charge on any atom is 0.248 e. The minimum atomic E-state index is -0.591. The number of nitrogens with zero attached hydrogens (tertiary/aromatic N) is 1. The maximum absolute atomic E-state index is 12.7. The first-order valence-electron chi connectivity index (χ1n) is 6.60. The Morgan fingerprint density at radius 3 is 2.41 bits per heavy atom. The second-order valence-corrected chi connectivity index (χ2v) is 5.70. The van der Waals surface area contributed by atoms with E-state index in [2.05, 4.69) is 5.32 Å². The van der Waals surface area contributed by atoms with Crippen molar-refractivity contribution >= 4 is 11.8 Å². The van der Waals surface area contributed by atoms with Crippen LogP contribution in [0.25, 0.3) is 0 Å². The van der Waals surface area contributed by atoms with Crippen LogP contribution in [0.1, 0.15) is 52.9 Å². The molecule has 0 bridgehead atoms. The van der Waals surface area contributed by atoms with Crippen LogP contribution in [0.3, 0.4) is 0 Å². The fourth-order valence-corrected chi connectivity index (χ4v) is 3.25. The predicted octanol–water partition coefficient (Wildman–Crippen LogP) is 1.44. The number of carbonyl (C=O) groups excluding carboxylic acids is 2. The first-order valence-corrected chi connectivity index (χ1v) is 6.60. The summed E-state index contributed by atoms with van der Waals surface area (Å²) in [6.45, 7) is 6.01. The van der Waals surface area contributed by atoms with Crippen LogP contribution in [0.2, 0.25) is 0 Å². The average Bonchev–Trinajstić information content (AvgIpc) is 2.62. The van der Waals surface area contributed by atoms with Gasteiger partial charge in [0, 0.05) is 18.5 Å². The molecule has 96 valence electrons. The van der Waals surface area contributed by atoms with Gasteiger partial charge in [0.05, 0.1) is 0 Å². The molecule has 1 saturated heterocycles. The summed E-state index contributed by atoms with van der Waals surface area (Å²) in [4.78, 5) is 26.4. The van der Waals surface area contributed by atoms with E-state index in [1.807, 2.05) is 25.7 Å². The van der Waals surface area contributed by atoms with E-state index in [1.165, 1.54) is 0 Å². The highest BCUT2D eigenvalue weighted by Crippen LogP contribution is 2.34. The Morgan fingerprint density at radius 1 is 1.29 bits per heavy atom. The molecule has 1 unspecified atom stereocenters. The minimum Gasteiger partial charge on any atom is -0.342 e. The Bertz CT molecular complexity index is 332. The van der Waals surface area contributed by atoms with Gasteiger partial charge in [0.15, 0.2) is 0 Å². The molecule has 0 aromatic carbocycles. The topological polar surface area (TPSA) is 49.4 Å². The summed E-state index contributed by atoms with van der Waals surface area (Å²) < 4.78 is 0. The van der Waals surface area contributed by atoms with E-state index in [-0.39, 0.29) is 23.9 Å². The van der Waals surface area contributed by atoms with Gasteiger partial charge in [-0.25, -0.2) is 0 Å². The standard InChI is InChI=1S/C13H22N2O2/c1-9(2)15-10(3)8-11(16)14-13(12(15)17)6-4-5-7-13/h9-10H,4-8H2,1-3H3,(H,14,16). The van der Waals surface area contributed by atoms with Gasteiger partial charge < -0.3 is 10.2 Å². The molecule has 4 heteroatoms. The zero-order valence-electron chi connectivity index (χ0n) is 11.0. The Balaban J connectivity index is 2.34. The van der Waals surface area contributed by atoms with Crippen LogP contribution < -0.4 is 5.32 Å². The summed E-state index contributed by atoms with van der Waals surface area (Å²) in [5, 5.41) is 2.99. The van der Waals surface area contributed by atoms with Gasteiger partial charge in [0.25, 0.3) is 0 Å². The SMILES string of the molecule is CC(C)N1C(=O)C2(CCCC2)NC(=O)CC1C. The van der Waals surface area contributed by atoms with Gasteiger partial charge in [-0.05, 0) is 33.6 Å². The highest BCUT2D eigenvalue weighted by atomic mass is 16.2. The highest BCUT2D eigenvalue weighted by Gasteiger charge is 2.48. The molecular formula is C13H22N2O2. The van der Waals surface area contributed by atoms with Crippen molar-refractivity contribution in [1.82, 2.24) is 10.2 Å². The molecule has 1 spiro atoms. The zero-order valence-corrected chi connectivity index (χ0v) is 11.0. The van der Waals surface area contributed by atoms with Gasteiger partial charge >= 0.3 is 0 Å². The lowest BCUT2D eigenvalue weighted by Crippen LogP contribution is -2.57. The van der Waals surface area contributed by atoms with E-state index in [0.717, 1.165) is 25.7 Å². The van der Waals surface area contributed by atoms with Gasteiger partial charge in [-0.15, -0.1) is 0 Å². The largest absolute Gasteiger partial charge is 0.342 e. The molecule has 2 aliphatic rings. The summed E-state index contributed by atoms with van der Waals surface area (Å²) in [6, 6.07) is 0.158. The highest BCUT2D eigenvalue weighted by molar-refractivity contribution is 5.94. The van der Waals surface area contributed by atoms with Crippen molar-refractivity contribution in [2.24, 2.45) is 0 Å². The fourth-order valence-electron chi connectivity index (χ4n) is 3.25. The second-order valence-electron chi connectivity index (χ2n) is 5.70. The molecule has 1 heterocycles. The molecule has 2 rings (SSSR count). The molecule has 2 fully saturated rings. The molecule has 1 saturated carbocycles. The summed E-state index contributed by atoms with van der Waals surface area (Å²) in [5.74, 6) is 0.152. The Hall–Kier alpha value is -1.06. The first kappa shape index (κ1) is 12.4. The number of hydrogen-bond donors (Lipinski definition) is 1. The van der Waals surface area contributed by atoms with E-state index in [0.29, 0.717) is 6.42 Å². The van der Waals surface area contributed by atoms with E-state index >= 15 is 0 Å². The molecule has 1 aliphatic carbocycles. The lowest BCUT2D eigenvalue weighted by molar-refractivity contribution is -0.141. The predicted molar refractivity (Wildman–Crippen MR) is 65.4 cm³/mol. The van der Waals surface area contributed by atoms with Crippen LogP contribution in [0.5, 0.6) is 0 Å². The fraction of sp³-hybridized carbons (Fsp3) is 0.846. The molecule has 1 aliphatic heterocycles. The summed E-state index contributed by atoms with van der Waals surface area (Å²) >= 11 is 0. The number of carbonyl (C=O) groups is 2. The molecule has 0 aromatic rings. The summed E-state index contributed by atoms with van der Waals surface area (Å²) in [5.41, 5.74) is -0.591. The number of hydrogen-bond acceptors (Lipinski definition) is 2. The van der Waals surface area contributed by atoms with Crippen LogP contribution >= 0.6 is 0 Å². The zero-order chi connectivity index (χ0) is 12.6. The van der Waals surface area contributed by atoms with Crippen molar-refractivity contribution < 1.29 is 9.59 Å². The first-order chi connectivity index (χ1) is 7.96. The van der Waals surface area contributed by atoms with E-state index < -0.39 is 5.54 Å². The number of rotatable bonds is 1. The van der Waals surface area contributed by atoms with E-state index in [9.17, 15) is 9.59 Å². The molecule has 1 atom stereocenters. The molecule has 4 nitrogen and oxygen atoms in total. The second kappa shape index (κ2) is 4.31. The quantitative estimate of drug-likeness (QED) is 0.751. The summed E-state index contributed by atoms with van der Waals surface area (Å²) in [7, 11) is 0.